The fourth-order valence-electron chi connectivity index (χ4n) is 10.6. The molecule has 2 aromatic heterocycles. The lowest BCUT2D eigenvalue weighted by Gasteiger charge is -2.37. The Hall–Kier alpha value is -6.12. The summed E-state index contributed by atoms with van der Waals surface area (Å²) in [6.07, 6.45) is 3.70. The van der Waals surface area contributed by atoms with Gasteiger partial charge in [0.15, 0.2) is 0 Å². The lowest BCUT2D eigenvalue weighted by Crippen LogP contribution is -2.62. The van der Waals surface area contributed by atoms with Gasteiger partial charge in [0.1, 0.15) is 18.1 Å². The molecule has 4 aliphatic heterocycles. The van der Waals surface area contributed by atoms with Gasteiger partial charge in [-0.3, -0.25) is 38.9 Å². The zero-order chi connectivity index (χ0) is 50.6. The van der Waals surface area contributed by atoms with E-state index in [9.17, 15) is 24.0 Å². The van der Waals surface area contributed by atoms with Gasteiger partial charge >= 0.3 is 5.97 Å². The fraction of sp³-hybridized carbons (Fsp3) is 0.527. The molecule has 4 aromatic rings. The summed E-state index contributed by atoms with van der Waals surface area (Å²) in [6, 6.07) is 15.7. The van der Waals surface area contributed by atoms with Crippen molar-refractivity contribution >= 4 is 40.5 Å². The van der Waals surface area contributed by atoms with E-state index < -0.39 is 47.2 Å². The lowest BCUT2D eigenvalue weighted by atomic mass is 9.84. The number of hydrogen-bond acceptors (Lipinski definition) is 11. The van der Waals surface area contributed by atoms with Crippen LogP contribution < -0.4 is 10.7 Å². The molecule has 0 aliphatic carbocycles. The van der Waals surface area contributed by atoms with Crippen LogP contribution in [0.2, 0.25) is 0 Å². The molecule has 2 aromatic carbocycles. The summed E-state index contributed by atoms with van der Waals surface area (Å²) in [5.74, 6) is 2.99. The van der Waals surface area contributed by atoms with E-state index >= 15 is 0 Å². The van der Waals surface area contributed by atoms with E-state index in [-0.39, 0.29) is 43.4 Å². The van der Waals surface area contributed by atoms with Gasteiger partial charge in [0, 0.05) is 88.4 Å². The zero-order valence-electron chi connectivity index (χ0n) is 42.6. The molecule has 71 heavy (non-hydrogen) atoms. The Morgan fingerprint density at radius 1 is 1.00 bits per heavy atom. The van der Waals surface area contributed by atoms with Gasteiger partial charge in [0.05, 0.1) is 49.8 Å². The van der Waals surface area contributed by atoms with Crippen molar-refractivity contribution in [2.24, 2.45) is 24.3 Å². The van der Waals surface area contributed by atoms with Gasteiger partial charge in [0.25, 0.3) is 11.8 Å². The number of amides is 4. The molecule has 3 fully saturated rings. The second kappa shape index (κ2) is 22.1. The van der Waals surface area contributed by atoms with Crippen LogP contribution in [0.3, 0.4) is 0 Å². The molecule has 378 valence electrons. The van der Waals surface area contributed by atoms with Gasteiger partial charge in [-0.05, 0) is 91.0 Å². The first-order valence-corrected chi connectivity index (χ1v) is 25.1. The summed E-state index contributed by atoms with van der Waals surface area (Å²) in [6.45, 7) is 14.3. The third kappa shape index (κ3) is 11.5. The minimum absolute atomic E-state index is 0.129. The second-order valence-corrected chi connectivity index (χ2v) is 20.7. The van der Waals surface area contributed by atoms with E-state index in [4.69, 9.17) is 19.2 Å². The number of hydrogen-bond donors (Lipinski definition) is 2. The van der Waals surface area contributed by atoms with Gasteiger partial charge < -0.3 is 33.9 Å². The number of likely N-dealkylation sites (N-methyl/N-ethyl adjacent to an activating group) is 1. The van der Waals surface area contributed by atoms with Crippen LogP contribution in [0.15, 0.2) is 60.8 Å². The molecular formula is C55H70N8O8. The number of carbonyl (C=O) groups excluding carboxylic acids is 5. The van der Waals surface area contributed by atoms with Gasteiger partial charge in [-0.15, -0.1) is 0 Å². The number of morpholine rings is 1. The van der Waals surface area contributed by atoms with E-state index in [1.807, 2.05) is 45.0 Å². The summed E-state index contributed by atoms with van der Waals surface area (Å²) in [7, 11) is 5.37. The van der Waals surface area contributed by atoms with Crippen LogP contribution in [0.4, 0.5) is 0 Å². The Morgan fingerprint density at radius 2 is 1.77 bits per heavy atom. The first kappa shape index (κ1) is 51.2. The van der Waals surface area contributed by atoms with E-state index in [1.54, 1.807) is 25.3 Å². The molecule has 8 rings (SSSR count). The van der Waals surface area contributed by atoms with E-state index in [1.165, 1.54) is 9.91 Å². The summed E-state index contributed by atoms with van der Waals surface area (Å²) < 4.78 is 19.5. The number of aromatic nitrogens is 2. The fourth-order valence-corrected chi connectivity index (χ4v) is 10.6. The third-order valence-corrected chi connectivity index (χ3v) is 14.5. The monoisotopic (exact) mass is 971 g/mol. The number of likely N-dealkylation sites (tertiary alicyclic amines) is 1. The Balaban J connectivity index is 1.09. The van der Waals surface area contributed by atoms with Crippen LogP contribution in [0, 0.1) is 29.1 Å². The van der Waals surface area contributed by atoms with E-state index in [2.05, 4.69) is 83.3 Å². The number of benzene rings is 2. The number of hydrazine groups is 1. The number of fused-ring (bicyclic) bond motifs is 6. The summed E-state index contributed by atoms with van der Waals surface area (Å²) in [5.41, 5.74) is 10.3. The number of carbonyl (C=O) groups is 5. The smallest absolute Gasteiger partial charge is 0.324 e. The number of methoxy groups -OCH3 is 1. The van der Waals surface area contributed by atoms with Crippen LogP contribution >= 0.6 is 0 Å². The quantitative estimate of drug-likeness (QED) is 0.173. The first-order chi connectivity index (χ1) is 34.0. The van der Waals surface area contributed by atoms with Gasteiger partial charge in [-0.2, -0.15) is 0 Å². The zero-order valence-corrected chi connectivity index (χ0v) is 42.6. The highest BCUT2D eigenvalue weighted by Gasteiger charge is 2.40. The van der Waals surface area contributed by atoms with Crippen LogP contribution in [-0.2, 0) is 58.1 Å². The number of aryl methyl sites for hydroxylation is 1. The first-order valence-electron chi connectivity index (χ1n) is 25.1. The molecular weight excluding hydrogens is 901 g/mol. The highest BCUT2D eigenvalue weighted by Crippen LogP contribution is 2.41. The Labute approximate surface area is 417 Å². The molecule has 0 spiro atoms. The maximum Gasteiger partial charge on any atom is 0.324 e. The van der Waals surface area contributed by atoms with E-state index in [0.717, 1.165) is 63.2 Å². The molecule has 16 heteroatoms. The number of pyridine rings is 1. The van der Waals surface area contributed by atoms with Crippen molar-refractivity contribution in [1.82, 2.24) is 40.0 Å². The van der Waals surface area contributed by atoms with E-state index in [0.29, 0.717) is 58.5 Å². The molecule has 6 bridgehead atoms. The summed E-state index contributed by atoms with van der Waals surface area (Å²) in [4.78, 5) is 80.6. The van der Waals surface area contributed by atoms with Crippen molar-refractivity contribution in [3.05, 3.63) is 77.6 Å². The molecule has 2 N–H and O–H groups in total. The summed E-state index contributed by atoms with van der Waals surface area (Å²) >= 11 is 0. The topological polar surface area (TPSA) is 168 Å². The maximum absolute atomic E-state index is 14.8. The third-order valence-electron chi connectivity index (χ3n) is 14.5. The number of ether oxygens (including phenoxy) is 3. The molecule has 16 nitrogen and oxygen atoms in total. The number of cyclic esters (lactones) is 1. The Morgan fingerprint density at radius 3 is 2.54 bits per heavy atom. The SMILES string of the molecule is CO[C@@H](C)c1ncccc1-c1c2c3cc(ccc3n1C)-c1cccc(c1)C[C@H](NC(=O)C(C(C)C)N(C)C(=O)[C@H]1CCN(C(=O)C#CCN3CCOCC3)C1)C(=O)N1CCC[C@H](N1)C(=O)OCC(C)(C)C2. The van der Waals surface area contributed by atoms with Gasteiger partial charge in [-0.25, -0.2) is 5.43 Å². The highest BCUT2D eigenvalue weighted by atomic mass is 16.5. The predicted molar refractivity (Wildman–Crippen MR) is 270 cm³/mol. The molecule has 1 unspecified atom stereocenters. The number of nitrogens with zero attached hydrogens (tertiary/aromatic N) is 6. The Bertz CT molecular complexity index is 2700. The maximum atomic E-state index is 14.8. The van der Waals surface area contributed by atoms with Crippen molar-refractivity contribution in [2.75, 3.05) is 73.2 Å². The van der Waals surface area contributed by atoms with Crippen LogP contribution in [0.25, 0.3) is 33.3 Å². The normalized spacial score (nSPS) is 21.7. The largest absolute Gasteiger partial charge is 0.464 e. The standard InChI is InChI=1S/C55H70N8O8/c1-35(2)49(60(7)52(66)40-20-24-62(33-40)47(64)17-12-22-61-25-27-70-28-26-61)51(65)57-45-30-37-13-9-14-38(29-37)39-18-19-46-42(31-39)43(50(59(46)6)41-15-10-21-56-48(41)36(3)69-8)32-55(4,5)34-71-54(68)44-16-11-23-63(58-44)53(45)67/h9-10,13-15,18-19,21,29,31,35-36,40,44-45,49,58H,11,16,20,22-28,30,32-34H2,1-8H3,(H,57,65)/t36-,40-,44-,45-,49?/m0/s1. The lowest BCUT2D eigenvalue weighted by molar-refractivity contribution is -0.155. The van der Waals surface area contributed by atoms with Crippen molar-refractivity contribution < 1.29 is 38.2 Å². The number of nitrogens with one attached hydrogen (secondary N) is 2. The van der Waals surface area contributed by atoms with Gasteiger partial charge in [-0.1, -0.05) is 63.9 Å². The average Bonchev–Trinajstić information content (AvgIpc) is 3.97. The second-order valence-electron chi connectivity index (χ2n) is 20.7. The molecule has 4 amide bonds. The molecule has 4 aliphatic rings. The number of rotatable bonds is 9. The van der Waals surface area contributed by atoms with Crippen LogP contribution in [-0.4, -0.2) is 150 Å². The van der Waals surface area contributed by atoms with Crippen molar-refractivity contribution in [3.8, 4) is 34.2 Å². The Kier molecular flexibility index (Phi) is 16.0. The predicted octanol–water partition coefficient (Wildman–Crippen LogP) is 4.93. The minimum Gasteiger partial charge on any atom is -0.464 e. The molecule has 3 saturated heterocycles. The molecule has 0 saturated carbocycles. The van der Waals surface area contributed by atoms with Crippen LogP contribution in [0.1, 0.15) is 76.8 Å². The minimum atomic E-state index is -1.06. The molecule has 0 radical (unpaired) electrons. The van der Waals surface area contributed by atoms with Gasteiger partial charge in [0.2, 0.25) is 11.8 Å². The number of esters is 1. The van der Waals surface area contributed by atoms with Crippen molar-refractivity contribution in [1.29, 1.82) is 0 Å². The van der Waals surface area contributed by atoms with Crippen molar-refractivity contribution in [2.45, 2.75) is 91.0 Å². The molecule has 5 atom stereocenters. The average molecular weight is 971 g/mol. The molecule has 6 heterocycles. The summed E-state index contributed by atoms with van der Waals surface area (Å²) in [5, 5.41) is 5.57. The highest BCUT2D eigenvalue weighted by molar-refractivity contribution is 5.97. The van der Waals surface area contributed by atoms with Crippen molar-refractivity contribution in [3.63, 3.8) is 0 Å². The van der Waals surface area contributed by atoms with Crippen LogP contribution in [0.5, 0.6) is 0 Å².